The van der Waals surface area contributed by atoms with Crippen molar-refractivity contribution in [3.8, 4) is 0 Å². The van der Waals surface area contributed by atoms with Crippen molar-refractivity contribution in [2.45, 2.75) is 39.2 Å². The van der Waals surface area contributed by atoms with Gasteiger partial charge in [0.1, 0.15) is 5.82 Å². The fourth-order valence-electron chi connectivity index (χ4n) is 3.77. The van der Waals surface area contributed by atoms with E-state index in [0.717, 1.165) is 24.6 Å². The summed E-state index contributed by atoms with van der Waals surface area (Å²) in [6.45, 7) is 4.37. The maximum absolute atomic E-state index is 13.4. The molecule has 3 rings (SSSR count). The van der Waals surface area contributed by atoms with E-state index >= 15 is 0 Å². The van der Waals surface area contributed by atoms with E-state index in [0.29, 0.717) is 23.3 Å². The molecule has 0 spiro atoms. The normalized spacial score (nSPS) is 12.0. The topological polar surface area (TPSA) is 38.1 Å². The van der Waals surface area contributed by atoms with Crippen molar-refractivity contribution in [2.24, 2.45) is 0 Å². The van der Waals surface area contributed by atoms with E-state index in [1.54, 1.807) is 4.57 Å². The predicted molar refractivity (Wildman–Crippen MR) is 118 cm³/mol. The summed E-state index contributed by atoms with van der Waals surface area (Å²) in [5, 5.41) is 0.545. The summed E-state index contributed by atoms with van der Waals surface area (Å²) >= 11 is 0. The summed E-state index contributed by atoms with van der Waals surface area (Å²) in [5.41, 5.74) is 2.57. The molecule has 0 saturated heterocycles. The number of benzene rings is 2. The lowest BCUT2D eigenvalue weighted by atomic mass is 10.0. The Morgan fingerprint density at radius 3 is 2.60 bits per heavy atom. The molecule has 0 N–H and O–H groups in total. The van der Waals surface area contributed by atoms with Crippen LogP contribution in [0.2, 0.25) is 0 Å². The standard InChI is InChI=1S/C24H27F2N3O/c1-4-19(15-18-9-6-5-7-10-18)29-17(2)27-22-13-12-20(16-21(22)24(29)30)28(3)14-8-11-23(25)26/h5-7,9-13,16,19H,4,8,14-15H2,1-3H3/t19-/m1/s1. The number of aryl methyl sites for hydroxylation is 1. The molecule has 1 atom stereocenters. The lowest BCUT2D eigenvalue weighted by Crippen LogP contribution is -2.29. The molecule has 0 radical (unpaired) electrons. The molecule has 158 valence electrons. The van der Waals surface area contributed by atoms with Crippen molar-refractivity contribution in [2.75, 3.05) is 18.5 Å². The van der Waals surface area contributed by atoms with Gasteiger partial charge in [-0.3, -0.25) is 9.36 Å². The molecule has 30 heavy (non-hydrogen) atoms. The van der Waals surface area contributed by atoms with Crippen molar-refractivity contribution < 1.29 is 8.78 Å². The van der Waals surface area contributed by atoms with Gasteiger partial charge in [-0.2, -0.15) is 8.78 Å². The number of fused-ring (bicyclic) bond motifs is 1. The first-order valence-corrected chi connectivity index (χ1v) is 10.2. The second kappa shape index (κ2) is 9.65. The SMILES string of the molecule is CC[C@H](Cc1ccccc1)n1c(C)nc2ccc(N(C)CCC=C(F)F)cc2c1=O. The molecule has 0 saturated carbocycles. The Morgan fingerprint density at radius 2 is 1.93 bits per heavy atom. The van der Waals surface area contributed by atoms with Crippen molar-refractivity contribution >= 4 is 16.6 Å². The fourth-order valence-corrected chi connectivity index (χ4v) is 3.77. The number of aromatic nitrogens is 2. The van der Waals surface area contributed by atoms with E-state index in [4.69, 9.17) is 0 Å². The van der Waals surface area contributed by atoms with E-state index in [9.17, 15) is 13.6 Å². The number of halogens is 2. The van der Waals surface area contributed by atoms with E-state index in [1.807, 2.05) is 55.3 Å². The van der Waals surface area contributed by atoms with Crippen LogP contribution in [-0.2, 0) is 6.42 Å². The Bertz CT molecular complexity index is 1090. The summed E-state index contributed by atoms with van der Waals surface area (Å²) in [5.74, 6) is 0.694. The summed E-state index contributed by atoms with van der Waals surface area (Å²) in [6, 6.07) is 15.6. The van der Waals surface area contributed by atoms with Gasteiger partial charge < -0.3 is 4.90 Å². The molecule has 3 aromatic rings. The molecule has 4 nitrogen and oxygen atoms in total. The molecule has 2 aromatic carbocycles. The average molecular weight is 411 g/mol. The van der Waals surface area contributed by atoms with Crippen LogP contribution >= 0.6 is 0 Å². The zero-order valence-electron chi connectivity index (χ0n) is 17.6. The summed E-state index contributed by atoms with van der Waals surface area (Å²) in [6.07, 6.45) is 1.04. The second-order valence-corrected chi connectivity index (χ2v) is 7.49. The minimum atomic E-state index is -1.67. The van der Waals surface area contributed by atoms with E-state index in [-0.39, 0.29) is 18.0 Å². The Labute approximate surface area is 175 Å². The smallest absolute Gasteiger partial charge is 0.266 e. The minimum absolute atomic E-state index is 0.0100. The van der Waals surface area contributed by atoms with Gasteiger partial charge in [-0.05, 0) is 56.0 Å². The van der Waals surface area contributed by atoms with Crippen LogP contribution in [0.15, 0.2) is 65.5 Å². The predicted octanol–water partition coefficient (Wildman–Crippen LogP) is 5.51. The molecule has 1 heterocycles. The van der Waals surface area contributed by atoms with Crippen LogP contribution in [0.1, 0.15) is 37.2 Å². The monoisotopic (exact) mass is 411 g/mol. The summed E-state index contributed by atoms with van der Waals surface area (Å²) in [7, 11) is 1.83. The van der Waals surface area contributed by atoms with Gasteiger partial charge in [0, 0.05) is 25.3 Å². The van der Waals surface area contributed by atoms with Crippen LogP contribution in [0.3, 0.4) is 0 Å². The molecule has 0 bridgehead atoms. The van der Waals surface area contributed by atoms with Gasteiger partial charge >= 0.3 is 0 Å². The van der Waals surface area contributed by atoms with Crippen LogP contribution in [0.25, 0.3) is 10.9 Å². The van der Waals surface area contributed by atoms with Crippen LogP contribution in [0.4, 0.5) is 14.5 Å². The Kier molecular flexibility index (Phi) is 6.98. The highest BCUT2D eigenvalue weighted by Crippen LogP contribution is 2.22. The zero-order valence-corrected chi connectivity index (χ0v) is 17.6. The Balaban J connectivity index is 1.97. The lowest BCUT2D eigenvalue weighted by Gasteiger charge is -2.22. The van der Waals surface area contributed by atoms with Crippen molar-refractivity contribution in [1.29, 1.82) is 0 Å². The molecule has 0 fully saturated rings. The molecule has 0 unspecified atom stereocenters. The largest absolute Gasteiger partial charge is 0.374 e. The van der Waals surface area contributed by atoms with Gasteiger partial charge in [0.15, 0.2) is 0 Å². The Morgan fingerprint density at radius 1 is 1.20 bits per heavy atom. The first kappa shape index (κ1) is 21.7. The third-order valence-corrected chi connectivity index (χ3v) is 5.41. The highest BCUT2D eigenvalue weighted by Gasteiger charge is 2.17. The first-order valence-electron chi connectivity index (χ1n) is 10.2. The number of anilines is 1. The van der Waals surface area contributed by atoms with Crippen molar-refractivity contribution in [1.82, 2.24) is 9.55 Å². The fraction of sp³-hybridized carbons (Fsp3) is 0.333. The summed E-state index contributed by atoms with van der Waals surface area (Å²) in [4.78, 5) is 19.9. The molecule has 0 amide bonds. The minimum Gasteiger partial charge on any atom is -0.374 e. The van der Waals surface area contributed by atoms with Crippen LogP contribution in [0, 0.1) is 6.92 Å². The van der Waals surface area contributed by atoms with Gasteiger partial charge in [0.05, 0.1) is 10.9 Å². The highest BCUT2D eigenvalue weighted by atomic mass is 19.3. The zero-order chi connectivity index (χ0) is 21.7. The van der Waals surface area contributed by atoms with Gasteiger partial charge in [-0.15, -0.1) is 0 Å². The number of hydrogen-bond donors (Lipinski definition) is 0. The number of hydrogen-bond acceptors (Lipinski definition) is 3. The average Bonchev–Trinajstić information content (AvgIpc) is 2.73. The van der Waals surface area contributed by atoms with Crippen molar-refractivity contribution in [3.63, 3.8) is 0 Å². The molecule has 0 aliphatic carbocycles. The molecule has 1 aromatic heterocycles. The highest BCUT2D eigenvalue weighted by molar-refractivity contribution is 5.81. The molecule has 0 aliphatic heterocycles. The maximum atomic E-state index is 13.4. The van der Waals surface area contributed by atoms with Crippen molar-refractivity contribution in [3.05, 3.63) is 82.4 Å². The van der Waals surface area contributed by atoms with E-state index < -0.39 is 6.08 Å². The lowest BCUT2D eigenvalue weighted by molar-refractivity contribution is 0.417. The Hall–Kier alpha value is -3.02. The van der Waals surface area contributed by atoms with E-state index in [1.165, 1.54) is 5.56 Å². The van der Waals surface area contributed by atoms with Gasteiger partial charge in [0.2, 0.25) is 0 Å². The third-order valence-electron chi connectivity index (χ3n) is 5.41. The maximum Gasteiger partial charge on any atom is 0.266 e. The third kappa shape index (κ3) is 4.93. The number of nitrogens with zero attached hydrogens (tertiary/aromatic N) is 3. The molecule has 6 heteroatoms. The van der Waals surface area contributed by atoms with Gasteiger partial charge in [-0.1, -0.05) is 37.3 Å². The quantitative estimate of drug-likeness (QED) is 0.491. The summed E-state index contributed by atoms with van der Waals surface area (Å²) < 4.78 is 26.4. The van der Waals surface area contributed by atoms with Gasteiger partial charge in [-0.25, -0.2) is 4.98 Å². The first-order chi connectivity index (χ1) is 14.4. The molecular weight excluding hydrogens is 384 g/mol. The van der Waals surface area contributed by atoms with Crippen LogP contribution in [-0.4, -0.2) is 23.1 Å². The molecular formula is C24H27F2N3O. The number of rotatable bonds is 8. The van der Waals surface area contributed by atoms with E-state index in [2.05, 4.69) is 24.0 Å². The van der Waals surface area contributed by atoms with Gasteiger partial charge in [0.25, 0.3) is 11.6 Å². The van der Waals surface area contributed by atoms with Crippen LogP contribution < -0.4 is 10.5 Å². The van der Waals surface area contributed by atoms with Crippen LogP contribution in [0.5, 0.6) is 0 Å². The molecule has 0 aliphatic rings. The second-order valence-electron chi connectivity index (χ2n) is 7.49.